The molecule has 2 N–H and O–H groups in total. The van der Waals surface area contributed by atoms with E-state index in [1.807, 2.05) is 13.8 Å². The molecule has 0 aromatic carbocycles. The third-order valence-corrected chi connectivity index (χ3v) is 7.90. The van der Waals surface area contributed by atoms with E-state index in [0.29, 0.717) is 5.41 Å². The molecule has 0 aromatic heterocycles. The third-order valence-electron chi connectivity index (χ3n) is 7.90. The highest BCUT2D eigenvalue weighted by Gasteiger charge is 2.46. The second-order valence-corrected chi connectivity index (χ2v) is 11.0. The summed E-state index contributed by atoms with van der Waals surface area (Å²) in [6.07, 6.45) is 20.4. The highest BCUT2D eigenvalue weighted by Crippen LogP contribution is 2.57. The number of rotatable bonds is 5. The van der Waals surface area contributed by atoms with E-state index in [4.69, 9.17) is 0 Å². The maximum absolute atomic E-state index is 9.78. The summed E-state index contributed by atoms with van der Waals surface area (Å²) in [4.78, 5) is 0. The fourth-order valence-electron chi connectivity index (χ4n) is 5.75. The highest BCUT2D eigenvalue weighted by atomic mass is 16.3. The fourth-order valence-corrected chi connectivity index (χ4v) is 5.75. The molecule has 0 amide bonds. The monoisotopic (exact) mass is 404 g/mol. The smallest absolute Gasteiger partial charge is 0.0591 e. The minimum atomic E-state index is -0.449. The van der Waals surface area contributed by atoms with Crippen LogP contribution in [0.3, 0.4) is 0 Å². The first-order chi connectivity index (χ1) is 13.7. The molecule has 0 bridgehead atoms. The summed E-state index contributed by atoms with van der Waals surface area (Å²) in [5.41, 5.74) is 3.29. The lowest BCUT2D eigenvalue weighted by atomic mass is 9.64. The standard InChI is InChI=1S/C19H30O.C8H18O/c1-14-8-11-18-16(6-4-12-19(14,18)2)10-9-15-5-3-7-17(20)13-15;1-4-5-6-7-8(2,3)9/h9-10,14,17-18,20H,3-8,11-13H2,1-2H3;9H,4-7H2,1-3H3/b15-9-,16-10+;. The van der Waals surface area contributed by atoms with Gasteiger partial charge in [0.15, 0.2) is 0 Å². The molecule has 3 saturated carbocycles. The van der Waals surface area contributed by atoms with Crippen molar-refractivity contribution in [2.24, 2.45) is 17.3 Å². The average molecular weight is 405 g/mol. The Bertz CT molecular complexity index is 553. The van der Waals surface area contributed by atoms with Gasteiger partial charge in [-0.1, -0.05) is 63.3 Å². The molecule has 168 valence electrons. The van der Waals surface area contributed by atoms with Crippen molar-refractivity contribution in [2.75, 3.05) is 0 Å². The average Bonchev–Trinajstić information content (AvgIpc) is 2.95. The SMILES string of the molecule is CC1CCC2/C(=C/C=C3/CCCC(O)C3)CCCC12C.CCCCCC(C)(C)O. The van der Waals surface area contributed by atoms with E-state index in [9.17, 15) is 10.2 Å². The molecule has 2 heteroatoms. The van der Waals surface area contributed by atoms with Gasteiger partial charge in [-0.15, -0.1) is 0 Å². The molecule has 0 saturated heterocycles. The molecule has 29 heavy (non-hydrogen) atoms. The minimum absolute atomic E-state index is 0.0866. The predicted octanol–water partition coefficient (Wildman–Crippen LogP) is 7.35. The Morgan fingerprint density at radius 2 is 1.83 bits per heavy atom. The van der Waals surface area contributed by atoms with E-state index in [-0.39, 0.29) is 6.10 Å². The first-order valence-electron chi connectivity index (χ1n) is 12.4. The molecule has 0 aliphatic heterocycles. The molecule has 3 rings (SSSR count). The normalized spacial score (nSPS) is 35.3. The molecular formula is C27H48O2. The number of hydrogen-bond acceptors (Lipinski definition) is 2. The maximum Gasteiger partial charge on any atom is 0.0591 e. The summed E-state index contributed by atoms with van der Waals surface area (Å²) in [6.45, 7) is 10.9. The van der Waals surface area contributed by atoms with Gasteiger partial charge >= 0.3 is 0 Å². The van der Waals surface area contributed by atoms with Crippen molar-refractivity contribution in [3.05, 3.63) is 23.3 Å². The zero-order valence-electron chi connectivity index (χ0n) is 20.0. The molecule has 3 aliphatic rings. The van der Waals surface area contributed by atoms with Gasteiger partial charge in [-0.05, 0) is 95.3 Å². The Balaban J connectivity index is 0.000000284. The van der Waals surface area contributed by atoms with Crippen LogP contribution in [0.15, 0.2) is 23.3 Å². The van der Waals surface area contributed by atoms with Gasteiger partial charge in [-0.25, -0.2) is 0 Å². The topological polar surface area (TPSA) is 40.5 Å². The van der Waals surface area contributed by atoms with Gasteiger partial charge < -0.3 is 10.2 Å². The van der Waals surface area contributed by atoms with Crippen LogP contribution in [-0.4, -0.2) is 21.9 Å². The zero-order chi connectivity index (χ0) is 21.5. The molecule has 0 spiro atoms. The lowest BCUT2D eigenvalue weighted by molar-refractivity contribution is 0.0682. The van der Waals surface area contributed by atoms with E-state index >= 15 is 0 Å². The summed E-state index contributed by atoms with van der Waals surface area (Å²) < 4.78 is 0. The van der Waals surface area contributed by atoms with Crippen molar-refractivity contribution >= 4 is 0 Å². The van der Waals surface area contributed by atoms with Crippen LogP contribution >= 0.6 is 0 Å². The zero-order valence-corrected chi connectivity index (χ0v) is 20.0. The van der Waals surface area contributed by atoms with Gasteiger partial charge in [0.25, 0.3) is 0 Å². The van der Waals surface area contributed by atoms with Gasteiger partial charge in [-0.3, -0.25) is 0 Å². The number of aliphatic hydroxyl groups is 2. The summed E-state index contributed by atoms with van der Waals surface area (Å²) >= 11 is 0. The summed E-state index contributed by atoms with van der Waals surface area (Å²) in [5, 5.41) is 19.0. The summed E-state index contributed by atoms with van der Waals surface area (Å²) in [5.74, 6) is 1.72. The molecule has 0 heterocycles. The Labute approximate surface area is 180 Å². The van der Waals surface area contributed by atoms with Crippen molar-refractivity contribution in [1.29, 1.82) is 0 Å². The Morgan fingerprint density at radius 1 is 1.07 bits per heavy atom. The largest absolute Gasteiger partial charge is 0.393 e. The first-order valence-corrected chi connectivity index (χ1v) is 12.4. The molecule has 4 atom stereocenters. The van der Waals surface area contributed by atoms with Gasteiger partial charge in [0.1, 0.15) is 0 Å². The van der Waals surface area contributed by atoms with Crippen molar-refractivity contribution < 1.29 is 10.2 Å². The Hall–Kier alpha value is -0.600. The van der Waals surface area contributed by atoms with E-state index < -0.39 is 5.60 Å². The van der Waals surface area contributed by atoms with Crippen LogP contribution in [0.25, 0.3) is 0 Å². The van der Waals surface area contributed by atoms with Crippen LogP contribution in [0.4, 0.5) is 0 Å². The lowest BCUT2D eigenvalue weighted by Gasteiger charge is -2.41. The second kappa shape index (κ2) is 11.1. The lowest BCUT2D eigenvalue weighted by Crippen LogP contribution is -2.31. The van der Waals surface area contributed by atoms with Crippen LogP contribution in [0.2, 0.25) is 0 Å². The summed E-state index contributed by atoms with van der Waals surface area (Å²) in [7, 11) is 0. The molecule has 3 fully saturated rings. The van der Waals surface area contributed by atoms with Crippen LogP contribution in [-0.2, 0) is 0 Å². The van der Waals surface area contributed by atoms with Gasteiger partial charge in [0.2, 0.25) is 0 Å². The Kier molecular flexibility index (Phi) is 9.48. The number of allylic oxidation sites excluding steroid dienone is 3. The molecule has 3 aliphatic carbocycles. The maximum atomic E-state index is 9.78. The van der Waals surface area contributed by atoms with Crippen molar-refractivity contribution in [2.45, 2.75) is 130 Å². The minimum Gasteiger partial charge on any atom is -0.393 e. The molecule has 4 unspecified atom stereocenters. The number of aliphatic hydroxyl groups excluding tert-OH is 1. The number of fused-ring (bicyclic) bond motifs is 1. The van der Waals surface area contributed by atoms with E-state index in [1.54, 1.807) is 5.57 Å². The third kappa shape index (κ3) is 7.55. The van der Waals surface area contributed by atoms with Crippen molar-refractivity contribution in [3.8, 4) is 0 Å². The van der Waals surface area contributed by atoms with Crippen LogP contribution in [0.5, 0.6) is 0 Å². The van der Waals surface area contributed by atoms with E-state index in [1.165, 1.54) is 56.9 Å². The summed E-state index contributed by atoms with van der Waals surface area (Å²) in [6, 6.07) is 0. The van der Waals surface area contributed by atoms with Crippen molar-refractivity contribution in [1.82, 2.24) is 0 Å². The quantitative estimate of drug-likeness (QED) is 0.470. The molecule has 0 aromatic rings. The van der Waals surface area contributed by atoms with Gasteiger partial charge in [-0.2, -0.15) is 0 Å². The van der Waals surface area contributed by atoms with Crippen molar-refractivity contribution in [3.63, 3.8) is 0 Å². The highest BCUT2D eigenvalue weighted by molar-refractivity contribution is 5.25. The van der Waals surface area contributed by atoms with Gasteiger partial charge in [0.05, 0.1) is 11.7 Å². The van der Waals surface area contributed by atoms with Crippen LogP contribution in [0, 0.1) is 17.3 Å². The van der Waals surface area contributed by atoms with Gasteiger partial charge in [0, 0.05) is 0 Å². The van der Waals surface area contributed by atoms with Crippen LogP contribution in [0.1, 0.15) is 118 Å². The molecular weight excluding hydrogens is 356 g/mol. The van der Waals surface area contributed by atoms with E-state index in [0.717, 1.165) is 43.9 Å². The molecule has 2 nitrogen and oxygen atoms in total. The number of unbranched alkanes of at least 4 members (excludes halogenated alkanes) is 2. The predicted molar refractivity (Wildman–Crippen MR) is 125 cm³/mol. The number of hydrogen-bond donors (Lipinski definition) is 2. The molecule has 0 radical (unpaired) electrons. The second-order valence-electron chi connectivity index (χ2n) is 11.0. The first kappa shape index (κ1) is 24.7. The Morgan fingerprint density at radius 3 is 2.48 bits per heavy atom. The fraction of sp³-hybridized carbons (Fsp3) is 0.852. The van der Waals surface area contributed by atoms with E-state index in [2.05, 4.69) is 32.9 Å². The van der Waals surface area contributed by atoms with Crippen LogP contribution < -0.4 is 0 Å².